The molecule has 1 N–H and O–H groups in total. The van der Waals surface area contributed by atoms with Gasteiger partial charge in [0.15, 0.2) is 0 Å². The van der Waals surface area contributed by atoms with E-state index in [0.29, 0.717) is 0 Å². The molecule has 4 rings (SSSR count). The first-order valence-corrected chi connectivity index (χ1v) is 7.35. The van der Waals surface area contributed by atoms with Gasteiger partial charge in [0.2, 0.25) is 5.91 Å². The predicted octanol–water partition coefficient (Wildman–Crippen LogP) is 5.10. The summed E-state index contributed by atoms with van der Waals surface area (Å²) in [6, 6.07) is 22.9. The van der Waals surface area contributed by atoms with E-state index in [-0.39, 0.29) is 5.91 Å². The molecule has 22 heavy (non-hydrogen) atoms. The molecule has 0 fully saturated rings. The quantitative estimate of drug-likeness (QED) is 0.484. The zero-order valence-electron chi connectivity index (χ0n) is 12.3. The van der Waals surface area contributed by atoms with Crippen molar-refractivity contribution in [2.45, 2.75) is 6.92 Å². The van der Waals surface area contributed by atoms with Gasteiger partial charge in [0.25, 0.3) is 0 Å². The maximum atomic E-state index is 11.5. The van der Waals surface area contributed by atoms with E-state index in [0.717, 1.165) is 16.5 Å². The maximum Gasteiger partial charge on any atom is 0.221 e. The van der Waals surface area contributed by atoms with E-state index in [9.17, 15) is 4.79 Å². The highest BCUT2D eigenvalue weighted by Gasteiger charge is 2.10. The number of carbonyl (C=O) groups excluding carboxylic acids is 1. The van der Waals surface area contributed by atoms with Gasteiger partial charge in [0.05, 0.1) is 0 Å². The van der Waals surface area contributed by atoms with Gasteiger partial charge in [-0.25, -0.2) is 0 Å². The van der Waals surface area contributed by atoms with Crippen LogP contribution < -0.4 is 5.32 Å². The number of nitrogens with one attached hydrogen (secondary N) is 1. The van der Waals surface area contributed by atoms with Gasteiger partial charge >= 0.3 is 0 Å². The van der Waals surface area contributed by atoms with Gasteiger partial charge in [0, 0.05) is 18.0 Å². The Morgan fingerprint density at radius 2 is 1.41 bits per heavy atom. The summed E-state index contributed by atoms with van der Waals surface area (Å²) >= 11 is 0. The van der Waals surface area contributed by atoms with Crippen LogP contribution in [0.5, 0.6) is 0 Å². The zero-order chi connectivity index (χ0) is 15.1. The number of carbonyl (C=O) groups is 1. The van der Waals surface area contributed by atoms with Crippen molar-refractivity contribution in [3.05, 3.63) is 66.7 Å². The van der Waals surface area contributed by atoms with Crippen LogP contribution in [0.1, 0.15) is 6.92 Å². The summed E-state index contributed by atoms with van der Waals surface area (Å²) < 4.78 is 0. The third kappa shape index (κ3) is 1.92. The normalized spacial score (nSPS) is 11.1. The van der Waals surface area contributed by atoms with Crippen molar-refractivity contribution in [3.63, 3.8) is 0 Å². The first kappa shape index (κ1) is 12.8. The molecule has 0 radical (unpaired) electrons. The molecule has 0 unspecified atom stereocenters. The molecule has 0 aliphatic heterocycles. The summed E-state index contributed by atoms with van der Waals surface area (Å²) in [6.45, 7) is 1.54. The van der Waals surface area contributed by atoms with Gasteiger partial charge in [0.1, 0.15) is 0 Å². The summed E-state index contributed by atoms with van der Waals surface area (Å²) in [5, 5.41) is 10.0. The lowest BCUT2D eigenvalue weighted by molar-refractivity contribution is -0.114. The molecule has 4 aromatic rings. The average molecular weight is 285 g/mol. The Morgan fingerprint density at radius 3 is 2.14 bits per heavy atom. The van der Waals surface area contributed by atoms with E-state index in [4.69, 9.17) is 0 Å². The summed E-state index contributed by atoms with van der Waals surface area (Å²) in [5.41, 5.74) is 0.868. The van der Waals surface area contributed by atoms with Crippen molar-refractivity contribution in [1.82, 2.24) is 0 Å². The predicted molar refractivity (Wildman–Crippen MR) is 93.3 cm³/mol. The molecule has 106 valence electrons. The van der Waals surface area contributed by atoms with Crippen LogP contribution >= 0.6 is 0 Å². The van der Waals surface area contributed by atoms with Crippen molar-refractivity contribution in [1.29, 1.82) is 0 Å². The smallest absolute Gasteiger partial charge is 0.221 e. The molecule has 0 saturated heterocycles. The second-order valence-corrected chi connectivity index (χ2v) is 5.54. The second kappa shape index (κ2) is 4.85. The summed E-state index contributed by atoms with van der Waals surface area (Å²) in [5.74, 6) is -0.0512. The Hall–Kier alpha value is -2.87. The molecule has 0 bridgehead atoms. The van der Waals surface area contributed by atoms with E-state index < -0.39 is 0 Å². The molecule has 0 aliphatic rings. The van der Waals surface area contributed by atoms with Gasteiger partial charge in [-0.2, -0.15) is 0 Å². The summed E-state index contributed by atoms with van der Waals surface area (Å²) in [7, 11) is 0. The zero-order valence-corrected chi connectivity index (χ0v) is 12.3. The van der Waals surface area contributed by atoms with Gasteiger partial charge in [-0.15, -0.1) is 0 Å². The number of rotatable bonds is 1. The fraction of sp³-hybridized carbons (Fsp3) is 0.0500. The molecule has 1 amide bonds. The molecular formula is C20H15NO. The molecule has 2 heteroatoms. The maximum absolute atomic E-state index is 11.5. The van der Waals surface area contributed by atoms with Crippen LogP contribution in [0.25, 0.3) is 32.3 Å². The lowest BCUT2D eigenvalue weighted by atomic mass is 9.95. The molecule has 2 nitrogen and oxygen atoms in total. The molecule has 0 heterocycles. The van der Waals surface area contributed by atoms with E-state index in [2.05, 4.69) is 53.8 Å². The highest BCUT2D eigenvalue weighted by Crippen LogP contribution is 2.36. The monoisotopic (exact) mass is 285 g/mol. The Labute approximate surface area is 128 Å². The van der Waals surface area contributed by atoms with Crippen LogP contribution in [0.4, 0.5) is 5.69 Å². The minimum atomic E-state index is -0.0512. The largest absolute Gasteiger partial charge is 0.326 e. The number of amides is 1. The number of anilines is 1. The van der Waals surface area contributed by atoms with Crippen LogP contribution in [0.3, 0.4) is 0 Å². The van der Waals surface area contributed by atoms with Crippen LogP contribution in [-0.2, 0) is 4.79 Å². The SMILES string of the molecule is CC(=O)Nc1cc2ccccc2c2c1ccc1ccccc12. The van der Waals surface area contributed by atoms with Crippen molar-refractivity contribution < 1.29 is 4.79 Å². The lowest BCUT2D eigenvalue weighted by Gasteiger charge is -2.13. The van der Waals surface area contributed by atoms with Crippen LogP contribution in [0.15, 0.2) is 66.7 Å². The summed E-state index contributed by atoms with van der Waals surface area (Å²) in [4.78, 5) is 11.5. The highest BCUT2D eigenvalue weighted by atomic mass is 16.1. The third-order valence-electron chi connectivity index (χ3n) is 4.06. The van der Waals surface area contributed by atoms with Crippen LogP contribution in [0.2, 0.25) is 0 Å². The first-order chi connectivity index (χ1) is 10.7. The van der Waals surface area contributed by atoms with E-state index >= 15 is 0 Å². The number of benzene rings is 4. The molecule has 0 aromatic heterocycles. The van der Waals surface area contributed by atoms with E-state index in [1.807, 2.05) is 18.2 Å². The topological polar surface area (TPSA) is 29.1 Å². The van der Waals surface area contributed by atoms with Gasteiger partial charge in [-0.05, 0) is 33.0 Å². The van der Waals surface area contributed by atoms with Crippen LogP contribution in [0, 0.1) is 0 Å². The van der Waals surface area contributed by atoms with Crippen LogP contribution in [-0.4, -0.2) is 5.91 Å². The van der Waals surface area contributed by atoms with Gasteiger partial charge in [-0.1, -0.05) is 60.7 Å². The Bertz CT molecular complexity index is 1020. The number of hydrogen-bond acceptors (Lipinski definition) is 1. The average Bonchev–Trinajstić information content (AvgIpc) is 2.54. The fourth-order valence-electron chi connectivity index (χ4n) is 3.16. The van der Waals surface area contributed by atoms with Crippen molar-refractivity contribution in [2.24, 2.45) is 0 Å². The van der Waals surface area contributed by atoms with Gasteiger partial charge in [-0.3, -0.25) is 4.79 Å². The van der Waals surface area contributed by atoms with Crippen molar-refractivity contribution in [3.8, 4) is 0 Å². The molecule has 0 saturated carbocycles. The van der Waals surface area contributed by atoms with Gasteiger partial charge < -0.3 is 5.32 Å². The Morgan fingerprint density at radius 1 is 0.773 bits per heavy atom. The minimum Gasteiger partial charge on any atom is -0.326 e. The number of hydrogen-bond donors (Lipinski definition) is 1. The molecule has 4 aromatic carbocycles. The molecule has 0 spiro atoms. The first-order valence-electron chi connectivity index (χ1n) is 7.35. The van der Waals surface area contributed by atoms with Crippen molar-refractivity contribution in [2.75, 3.05) is 5.32 Å². The molecule has 0 atom stereocenters. The molecular weight excluding hydrogens is 270 g/mol. The third-order valence-corrected chi connectivity index (χ3v) is 4.06. The van der Waals surface area contributed by atoms with E-state index in [1.54, 1.807) is 6.92 Å². The Kier molecular flexibility index (Phi) is 2.83. The number of fused-ring (bicyclic) bond motifs is 5. The molecule has 0 aliphatic carbocycles. The van der Waals surface area contributed by atoms with Crippen molar-refractivity contribution >= 4 is 43.9 Å². The van der Waals surface area contributed by atoms with E-state index in [1.165, 1.54) is 21.5 Å². The second-order valence-electron chi connectivity index (χ2n) is 5.54. The standard InChI is InChI=1S/C20H15NO/c1-13(22)21-19-12-15-7-3-5-9-17(15)20-16-8-4-2-6-14(16)10-11-18(19)20/h2-12H,1H3,(H,21,22). The fourth-order valence-corrected chi connectivity index (χ4v) is 3.16. The Balaban J connectivity index is 2.26. The minimum absolute atomic E-state index is 0.0512. The highest BCUT2D eigenvalue weighted by molar-refractivity contribution is 6.24. The summed E-state index contributed by atoms with van der Waals surface area (Å²) in [6.07, 6.45) is 0. The lowest BCUT2D eigenvalue weighted by Crippen LogP contribution is -2.06.